The summed E-state index contributed by atoms with van der Waals surface area (Å²) in [5, 5.41) is 0. The molecule has 0 saturated carbocycles. The van der Waals surface area contributed by atoms with Crippen LogP contribution < -0.4 is 4.90 Å². The molecule has 0 aliphatic carbocycles. The minimum absolute atomic E-state index is 0.257. The van der Waals surface area contributed by atoms with Gasteiger partial charge in [0.25, 0.3) is 0 Å². The lowest BCUT2D eigenvalue weighted by molar-refractivity contribution is -0.118. The SMILES string of the molecule is O=C1CCCN(c2ncc(-c3ccncc3)cn2)C1. The summed E-state index contributed by atoms with van der Waals surface area (Å²) in [5.41, 5.74) is 1.99. The van der Waals surface area contributed by atoms with Crippen LogP contribution in [0.25, 0.3) is 11.1 Å². The number of nitrogens with zero attached hydrogens (tertiary/aromatic N) is 4. The molecule has 19 heavy (non-hydrogen) atoms. The Morgan fingerprint density at radius 3 is 2.47 bits per heavy atom. The second-order valence-corrected chi connectivity index (χ2v) is 4.57. The second kappa shape index (κ2) is 5.14. The van der Waals surface area contributed by atoms with E-state index in [0.29, 0.717) is 18.9 Å². The van der Waals surface area contributed by atoms with Crippen LogP contribution in [0.3, 0.4) is 0 Å². The second-order valence-electron chi connectivity index (χ2n) is 4.57. The molecule has 3 rings (SSSR count). The van der Waals surface area contributed by atoms with E-state index in [1.807, 2.05) is 17.0 Å². The Morgan fingerprint density at radius 2 is 1.79 bits per heavy atom. The van der Waals surface area contributed by atoms with E-state index >= 15 is 0 Å². The molecule has 0 atom stereocenters. The maximum atomic E-state index is 11.4. The molecule has 96 valence electrons. The number of Topliss-reactive ketones (excluding diaryl/α,β-unsaturated/α-hetero) is 1. The number of anilines is 1. The molecule has 2 aromatic heterocycles. The molecule has 3 heterocycles. The molecule has 1 fully saturated rings. The predicted octanol–water partition coefficient (Wildman–Crippen LogP) is 1.71. The van der Waals surface area contributed by atoms with Crippen LogP contribution in [0.1, 0.15) is 12.8 Å². The Morgan fingerprint density at radius 1 is 1.05 bits per heavy atom. The van der Waals surface area contributed by atoms with E-state index in [1.165, 1.54) is 0 Å². The lowest BCUT2D eigenvalue weighted by Crippen LogP contribution is -2.36. The first kappa shape index (κ1) is 11.8. The standard InChI is InChI=1S/C14H14N4O/c19-13-2-1-7-18(10-13)14-16-8-12(9-17-14)11-3-5-15-6-4-11/h3-6,8-9H,1-2,7,10H2. The van der Waals surface area contributed by atoms with Crippen molar-refractivity contribution in [2.24, 2.45) is 0 Å². The fourth-order valence-electron chi connectivity index (χ4n) is 2.19. The first-order chi connectivity index (χ1) is 9.33. The third-order valence-electron chi connectivity index (χ3n) is 3.19. The molecular formula is C14H14N4O. The minimum atomic E-state index is 0.257. The number of piperidine rings is 1. The number of pyridine rings is 1. The summed E-state index contributed by atoms with van der Waals surface area (Å²) in [5.74, 6) is 0.888. The first-order valence-corrected chi connectivity index (χ1v) is 6.32. The zero-order valence-corrected chi connectivity index (χ0v) is 10.5. The number of aromatic nitrogens is 3. The Bertz CT molecular complexity index is 568. The van der Waals surface area contributed by atoms with E-state index in [2.05, 4.69) is 15.0 Å². The molecule has 0 spiro atoms. The van der Waals surface area contributed by atoms with Gasteiger partial charge < -0.3 is 4.90 Å². The van der Waals surface area contributed by atoms with Crippen LogP contribution in [0, 0.1) is 0 Å². The number of rotatable bonds is 2. The van der Waals surface area contributed by atoms with Gasteiger partial charge in [0.1, 0.15) is 0 Å². The van der Waals surface area contributed by atoms with Crippen LogP contribution in [-0.2, 0) is 4.79 Å². The molecule has 0 bridgehead atoms. The maximum absolute atomic E-state index is 11.4. The summed E-state index contributed by atoms with van der Waals surface area (Å²) < 4.78 is 0. The van der Waals surface area contributed by atoms with Crippen molar-refractivity contribution in [1.29, 1.82) is 0 Å². The molecule has 1 aliphatic heterocycles. The highest BCUT2D eigenvalue weighted by Crippen LogP contribution is 2.19. The van der Waals surface area contributed by atoms with E-state index in [0.717, 1.165) is 24.1 Å². The average Bonchev–Trinajstić information content (AvgIpc) is 2.48. The zero-order valence-electron chi connectivity index (χ0n) is 10.5. The molecular weight excluding hydrogens is 240 g/mol. The van der Waals surface area contributed by atoms with Gasteiger partial charge in [-0.05, 0) is 24.1 Å². The first-order valence-electron chi connectivity index (χ1n) is 6.32. The van der Waals surface area contributed by atoms with Gasteiger partial charge in [0.2, 0.25) is 5.95 Å². The largest absolute Gasteiger partial charge is 0.333 e. The predicted molar refractivity (Wildman–Crippen MR) is 71.7 cm³/mol. The summed E-state index contributed by atoms with van der Waals surface area (Å²) in [7, 11) is 0. The normalized spacial score (nSPS) is 15.6. The fourth-order valence-corrected chi connectivity index (χ4v) is 2.19. The molecule has 2 aromatic rings. The van der Waals surface area contributed by atoms with Crippen LogP contribution in [0.2, 0.25) is 0 Å². The monoisotopic (exact) mass is 254 g/mol. The Balaban J connectivity index is 1.81. The number of hydrogen-bond donors (Lipinski definition) is 0. The molecule has 0 radical (unpaired) electrons. The van der Waals surface area contributed by atoms with Gasteiger partial charge in [-0.25, -0.2) is 9.97 Å². The van der Waals surface area contributed by atoms with Gasteiger partial charge in [-0.3, -0.25) is 9.78 Å². The van der Waals surface area contributed by atoms with E-state index in [4.69, 9.17) is 0 Å². The van der Waals surface area contributed by atoms with Crippen molar-refractivity contribution in [3.8, 4) is 11.1 Å². The van der Waals surface area contributed by atoms with Crippen molar-refractivity contribution in [1.82, 2.24) is 15.0 Å². The van der Waals surface area contributed by atoms with Gasteiger partial charge in [-0.1, -0.05) is 0 Å². The summed E-state index contributed by atoms with van der Waals surface area (Å²) in [6, 6.07) is 3.84. The fraction of sp³-hybridized carbons (Fsp3) is 0.286. The molecule has 0 N–H and O–H groups in total. The minimum Gasteiger partial charge on any atom is -0.333 e. The third-order valence-corrected chi connectivity index (χ3v) is 3.19. The third kappa shape index (κ3) is 2.59. The molecule has 0 amide bonds. The van der Waals surface area contributed by atoms with Gasteiger partial charge in [0, 0.05) is 43.3 Å². The molecule has 5 nitrogen and oxygen atoms in total. The van der Waals surface area contributed by atoms with Crippen LogP contribution in [0.4, 0.5) is 5.95 Å². The van der Waals surface area contributed by atoms with Crippen molar-refractivity contribution < 1.29 is 4.79 Å². The number of carbonyl (C=O) groups is 1. The number of ketones is 1. The van der Waals surface area contributed by atoms with Crippen molar-refractivity contribution in [2.75, 3.05) is 18.0 Å². The topological polar surface area (TPSA) is 59.0 Å². The lowest BCUT2D eigenvalue weighted by atomic mass is 10.1. The highest BCUT2D eigenvalue weighted by atomic mass is 16.1. The lowest BCUT2D eigenvalue weighted by Gasteiger charge is -2.25. The Kier molecular flexibility index (Phi) is 3.18. The van der Waals surface area contributed by atoms with Gasteiger partial charge in [0.15, 0.2) is 5.78 Å². The van der Waals surface area contributed by atoms with E-state index in [9.17, 15) is 4.79 Å². The van der Waals surface area contributed by atoms with Crippen LogP contribution in [0.5, 0.6) is 0 Å². The van der Waals surface area contributed by atoms with Crippen molar-refractivity contribution in [2.45, 2.75) is 12.8 Å². The van der Waals surface area contributed by atoms with E-state index in [-0.39, 0.29) is 5.78 Å². The Labute approximate surface area is 111 Å². The van der Waals surface area contributed by atoms with Gasteiger partial charge in [-0.15, -0.1) is 0 Å². The van der Waals surface area contributed by atoms with Crippen LogP contribution >= 0.6 is 0 Å². The van der Waals surface area contributed by atoms with Crippen molar-refractivity contribution in [3.63, 3.8) is 0 Å². The molecule has 0 aromatic carbocycles. The van der Waals surface area contributed by atoms with E-state index < -0.39 is 0 Å². The smallest absolute Gasteiger partial charge is 0.225 e. The highest BCUT2D eigenvalue weighted by Gasteiger charge is 2.18. The van der Waals surface area contributed by atoms with Gasteiger partial charge in [0.05, 0.1) is 6.54 Å². The summed E-state index contributed by atoms with van der Waals surface area (Å²) in [4.78, 5) is 26.1. The van der Waals surface area contributed by atoms with Crippen LogP contribution in [-0.4, -0.2) is 33.8 Å². The number of hydrogen-bond acceptors (Lipinski definition) is 5. The van der Waals surface area contributed by atoms with Crippen molar-refractivity contribution >= 4 is 11.7 Å². The summed E-state index contributed by atoms with van der Waals surface area (Å²) >= 11 is 0. The molecule has 1 saturated heterocycles. The summed E-state index contributed by atoms with van der Waals surface area (Å²) in [6.45, 7) is 1.27. The van der Waals surface area contributed by atoms with Crippen molar-refractivity contribution in [3.05, 3.63) is 36.9 Å². The summed E-state index contributed by atoms with van der Waals surface area (Å²) in [6.07, 6.45) is 8.62. The van der Waals surface area contributed by atoms with E-state index in [1.54, 1.807) is 24.8 Å². The molecule has 0 unspecified atom stereocenters. The quantitative estimate of drug-likeness (QED) is 0.816. The highest BCUT2D eigenvalue weighted by molar-refractivity contribution is 5.84. The maximum Gasteiger partial charge on any atom is 0.225 e. The van der Waals surface area contributed by atoms with Gasteiger partial charge in [-0.2, -0.15) is 0 Å². The van der Waals surface area contributed by atoms with Gasteiger partial charge >= 0.3 is 0 Å². The van der Waals surface area contributed by atoms with Crippen LogP contribution in [0.15, 0.2) is 36.9 Å². The zero-order chi connectivity index (χ0) is 13.1. The Hall–Kier alpha value is -2.30. The number of carbonyl (C=O) groups excluding carboxylic acids is 1. The molecule has 1 aliphatic rings. The average molecular weight is 254 g/mol. The molecule has 5 heteroatoms.